The van der Waals surface area contributed by atoms with E-state index in [-0.39, 0.29) is 11.3 Å². The maximum Gasteiger partial charge on any atom is 0.233 e. The Balaban J connectivity index is 1.46. The molecule has 3 heterocycles. The number of nitrogens with one attached hydrogen (secondary N) is 1. The SMILES string of the molecule is O=C1CSC(c2cccs2)N1CCNc1ccnc2cc(Cl)ccc12. The highest BCUT2D eigenvalue weighted by Gasteiger charge is 2.32. The van der Waals surface area contributed by atoms with Crippen molar-refractivity contribution in [1.29, 1.82) is 0 Å². The molecule has 1 aromatic carbocycles. The molecule has 1 N–H and O–H groups in total. The van der Waals surface area contributed by atoms with E-state index >= 15 is 0 Å². The van der Waals surface area contributed by atoms with Gasteiger partial charge in [-0.2, -0.15) is 0 Å². The molecule has 4 rings (SSSR count). The number of fused-ring (bicyclic) bond motifs is 1. The Bertz CT molecular complexity index is 900. The molecule has 4 nitrogen and oxygen atoms in total. The number of carbonyl (C=O) groups excluding carboxylic acids is 1. The molecule has 0 radical (unpaired) electrons. The van der Waals surface area contributed by atoms with Crippen LogP contribution in [0.5, 0.6) is 0 Å². The van der Waals surface area contributed by atoms with Crippen LogP contribution in [0.3, 0.4) is 0 Å². The van der Waals surface area contributed by atoms with Gasteiger partial charge in [0.2, 0.25) is 5.91 Å². The van der Waals surface area contributed by atoms with Crippen LogP contribution in [-0.4, -0.2) is 34.6 Å². The molecule has 1 amide bonds. The summed E-state index contributed by atoms with van der Waals surface area (Å²) >= 11 is 9.44. The molecule has 7 heteroatoms. The Labute approximate surface area is 159 Å². The number of benzene rings is 1. The number of thiophene rings is 1. The van der Waals surface area contributed by atoms with Gasteiger partial charge in [0.15, 0.2) is 0 Å². The van der Waals surface area contributed by atoms with Crippen LogP contribution in [0.2, 0.25) is 5.02 Å². The number of rotatable bonds is 5. The number of aromatic nitrogens is 1. The number of anilines is 1. The van der Waals surface area contributed by atoms with E-state index in [1.807, 2.05) is 35.2 Å². The normalized spacial score (nSPS) is 17.4. The van der Waals surface area contributed by atoms with Gasteiger partial charge in [-0.1, -0.05) is 17.7 Å². The predicted octanol–water partition coefficient (Wildman–Crippen LogP) is 4.64. The third-order valence-corrected chi connectivity index (χ3v) is 6.67. The van der Waals surface area contributed by atoms with Gasteiger partial charge in [0.25, 0.3) is 0 Å². The number of pyridine rings is 1. The first kappa shape index (κ1) is 16.7. The fourth-order valence-corrected chi connectivity index (χ4v) is 5.31. The van der Waals surface area contributed by atoms with Crippen molar-refractivity contribution in [2.75, 3.05) is 24.2 Å². The number of hydrogen-bond acceptors (Lipinski definition) is 5. The highest BCUT2D eigenvalue weighted by atomic mass is 35.5. The number of thioether (sulfide) groups is 1. The molecule has 25 heavy (non-hydrogen) atoms. The summed E-state index contributed by atoms with van der Waals surface area (Å²) in [6.45, 7) is 1.36. The molecule has 2 aromatic heterocycles. The second-order valence-corrected chi connectivity index (χ2v) is 8.20. The Morgan fingerprint density at radius 3 is 3.08 bits per heavy atom. The fourth-order valence-electron chi connectivity index (χ4n) is 2.95. The lowest BCUT2D eigenvalue weighted by atomic mass is 10.2. The van der Waals surface area contributed by atoms with E-state index in [9.17, 15) is 4.79 Å². The zero-order chi connectivity index (χ0) is 17.2. The minimum absolute atomic E-state index is 0.141. The Morgan fingerprint density at radius 2 is 2.24 bits per heavy atom. The van der Waals surface area contributed by atoms with Gasteiger partial charge in [-0.05, 0) is 35.7 Å². The lowest BCUT2D eigenvalue weighted by molar-refractivity contribution is -0.127. The summed E-state index contributed by atoms with van der Waals surface area (Å²) in [6, 6.07) is 11.8. The van der Waals surface area contributed by atoms with Crippen molar-refractivity contribution in [1.82, 2.24) is 9.88 Å². The van der Waals surface area contributed by atoms with Gasteiger partial charge in [0.05, 0.1) is 11.3 Å². The second kappa shape index (κ2) is 7.23. The molecule has 3 aromatic rings. The Kier molecular flexibility index (Phi) is 4.83. The molecule has 1 aliphatic heterocycles. The third-order valence-electron chi connectivity index (χ3n) is 4.13. The quantitative estimate of drug-likeness (QED) is 0.690. The zero-order valence-corrected chi connectivity index (χ0v) is 15.7. The molecule has 1 fully saturated rings. The maximum atomic E-state index is 12.2. The van der Waals surface area contributed by atoms with E-state index < -0.39 is 0 Å². The first-order valence-corrected chi connectivity index (χ1v) is 10.3. The lowest BCUT2D eigenvalue weighted by Crippen LogP contribution is -2.32. The first-order chi connectivity index (χ1) is 12.2. The molecule has 0 saturated carbocycles. The highest BCUT2D eigenvalue weighted by Crippen LogP contribution is 2.40. The summed E-state index contributed by atoms with van der Waals surface area (Å²) in [5.74, 6) is 0.760. The molecule has 0 spiro atoms. The van der Waals surface area contributed by atoms with Gasteiger partial charge in [-0.15, -0.1) is 23.1 Å². The highest BCUT2D eigenvalue weighted by molar-refractivity contribution is 8.00. The summed E-state index contributed by atoms with van der Waals surface area (Å²) in [5, 5.41) is 7.35. The van der Waals surface area contributed by atoms with Crippen LogP contribution in [0.4, 0.5) is 5.69 Å². The molecule has 1 atom stereocenters. The number of nitrogens with zero attached hydrogens (tertiary/aromatic N) is 2. The van der Waals surface area contributed by atoms with Gasteiger partial charge in [-0.3, -0.25) is 9.78 Å². The first-order valence-electron chi connectivity index (χ1n) is 7.95. The molecule has 1 unspecified atom stereocenters. The van der Waals surface area contributed by atoms with Crippen LogP contribution in [-0.2, 0) is 4.79 Å². The lowest BCUT2D eigenvalue weighted by Gasteiger charge is -2.23. The van der Waals surface area contributed by atoms with E-state index in [1.165, 1.54) is 4.88 Å². The van der Waals surface area contributed by atoms with E-state index in [0.717, 1.165) is 16.6 Å². The molecule has 0 bridgehead atoms. The predicted molar refractivity (Wildman–Crippen MR) is 106 cm³/mol. The van der Waals surface area contributed by atoms with E-state index in [1.54, 1.807) is 29.3 Å². The number of carbonyl (C=O) groups is 1. The van der Waals surface area contributed by atoms with Crippen molar-refractivity contribution in [2.24, 2.45) is 0 Å². The molecule has 1 aliphatic rings. The monoisotopic (exact) mass is 389 g/mol. The number of amides is 1. The standard InChI is InChI=1S/C18H16ClN3OS2/c19-12-3-4-13-14(5-6-20-15(13)10-12)21-7-8-22-17(23)11-25-18(22)16-2-1-9-24-16/h1-6,9-10,18H,7-8,11H2,(H,20,21). The van der Waals surface area contributed by atoms with Gasteiger partial charge in [-0.25, -0.2) is 0 Å². The summed E-state index contributed by atoms with van der Waals surface area (Å²) in [6.07, 6.45) is 1.77. The van der Waals surface area contributed by atoms with Gasteiger partial charge < -0.3 is 10.2 Å². The van der Waals surface area contributed by atoms with Crippen molar-refractivity contribution in [3.8, 4) is 0 Å². The molecule has 0 aliphatic carbocycles. The topological polar surface area (TPSA) is 45.2 Å². The van der Waals surface area contributed by atoms with Crippen LogP contribution in [0.25, 0.3) is 10.9 Å². The second-order valence-electron chi connectivity index (χ2n) is 5.71. The van der Waals surface area contributed by atoms with E-state index in [0.29, 0.717) is 23.9 Å². The summed E-state index contributed by atoms with van der Waals surface area (Å²) in [7, 11) is 0. The molecular formula is C18H16ClN3OS2. The third kappa shape index (κ3) is 3.47. The minimum atomic E-state index is 0.141. The average Bonchev–Trinajstić information content (AvgIpc) is 3.25. The van der Waals surface area contributed by atoms with Crippen molar-refractivity contribution in [3.63, 3.8) is 0 Å². The van der Waals surface area contributed by atoms with Crippen molar-refractivity contribution in [3.05, 3.63) is 57.9 Å². The fraction of sp³-hybridized carbons (Fsp3) is 0.222. The molecule has 1 saturated heterocycles. The van der Waals surface area contributed by atoms with Crippen LogP contribution in [0.15, 0.2) is 48.0 Å². The Morgan fingerprint density at radius 1 is 1.32 bits per heavy atom. The maximum absolute atomic E-state index is 12.2. The van der Waals surface area contributed by atoms with Crippen LogP contribution < -0.4 is 5.32 Å². The van der Waals surface area contributed by atoms with Crippen LogP contribution in [0.1, 0.15) is 10.3 Å². The minimum Gasteiger partial charge on any atom is -0.383 e. The van der Waals surface area contributed by atoms with Gasteiger partial charge in [0, 0.05) is 40.3 Å². The summed E-state index contributed by atoms with van der Waals surface area (Å²) in [4.78, 5) is 19.8. The van der Waals surface area contributed by atoms with Gasteiger partial charge in [0.1, 0.15) is 5.37 Å². The molecular weight excluding hydrogens is 374 g/mol. The number of hydrogen-bond donors (Lipinski definition) is 1. The van der Waals surface area contributed by atoms with E-state index in [2.05, 4.69) is 21.7 Å². The van der Waals surface area contributed by atoms with Crippen molar-refractivity contribution in [2.45, 2.75) is 5.37 Å². The van der Waals surface area contributed by atoms with Crippen molar-refractivity contribution >= 4 is 57.2 Å². The number of halogens is 1. The largest absolute Gasteiger partial charge is 0.383 e. The van der Waals surface area contributed by atoms with Crippen LogP contribution in [0, 0.1) is 0 Å². The summed E-state index contributed by atoms with van der Waals surface area (Å²) in [5.41, 5.74) is 1.87. The zero-order valence-electron chi connectivity index (χ0n) is 13.3. The van der Waals surface area contributed by atoms with Crippen molar-refractivity contribution < 1.29 is 4.79 Å². The van der Waals surface area contributed by atoms with E-state index in [4.69, 9.17) is 11.6 Å². The van der Waals surface area contributed by atoms with Crippen LogP contribution >= 0.6 is 34.7 Å². The van der Waals surface area contributed by atoms with Gasteiger partial charge >= 0.3 is 0 Å². The Hall–Kier alpha value is -1.76. The smallest absolute Gasteiger partial charge is 0.233 e. The summed E-state index contributed by atoms with van der Waals surface area (Å²) < 4.78 is 0. The molecule has 128 valence electrons. The average molecular weight is 390 g/mol.